The molecular weight excluding hydrogens is 351 g/mol. The van der Waals surface area contributed by atoms with Crippen LogP contribution in [0, 0.1) is 0 Å². The van der Waals surface area contributed by atoms with Gasteiger partial charge in [-0.1, -0.05) is 12.1 Å². The molecular formula is C17H18F3N3OS. The largest absolute Gasteiger partial charge is 0.416 e. The molecule has 134 valence electrons. The molecule has 2 aromatic rings. The Labute approximate surface area is 147 Å². The average Bonchev–Trinajstić information content (AvgIpc) is 3.03. The lowest BCUT2D eigenvalue weighted by molar-refractivity contribution is -0.137. The van der Waals surface area contributed by atoms with Crippen LogP contribution in [-0.2, 0) is 17.4 Å². The average molecular weight is 369 g/mol. The highest BCUT2D eigenvalue weighted by molar-refractivity contribution is 7.13. The first kappa shape index (κ1) is 17.9. The van der Waals surface area contributed by atoms with Crippen LogP contribution in [-0.4, -0.2) is 41.5 Å². The zero-order chi connectivity index (χ0) is 18.0. The normalized spacial score (nSPS) is 18.4. The number of halogens is 3. The summed E-state index contributed by atoms with van der Waals surface area (Å²) in [6, 6.07) is 5.21. The molecule has 2 heterocycles. The molecule has 3 rings (SSSR count). The van der Waals surface area contributed by atoms with Gasteiger partial charge in [0.15, 0.2) is 0 Å². The summed E-state index contributed by atoms with van der Waals surface area (Å²) in [5, 5.41) is 5.45. The van der Waals surface area contributed by atoms with E-state index in [1.54, 1.807) is 11.4 Å². The highest BCUT2D eigenvalue weighted by Crippen LogP contribution is 2.33. The molecule has 0 bridgehead atoms. The van der Waals surface area contributed by atoms with Crippen molar-refractivity contribution < 1.29 is 18.0 Å². The monoisotopic (exact) mass is 369 g/mol. The Kier molecular flexibility index (Phi) is 5.10. The Morgan fingerprint density at radius 3 is 2.96 bits per heavy atom. The Morgan fingerprint density at radius 1 is 1.44 bits per heavy atom. The number of rotatable bonds is 3. The Morgan fingerprint density at radius 2 is 2.24 bits per heavy atom. The number of hydrogen-bond acceptors (Lipinski definition) is 4. The fourth-order valence-corrected chi connectivity index (χ4v) is 3.63. The van der Waals surface area contributed by atoms with Gasteiger partial charge in [-0.25, -0.2) is 4.98 Å². The number of thiazole rings is 1. The van der Waals surface area contributed by atoms with Crippen molar-refractivity contribution in [2.24, 2.45) is 0 Å². The SMILES string of the molecule is CC1CNCCN1C(=O)Cc1csc(-c2cccc(C(F)(F)F)c2)n1. The number of carbonyl (C=O) groups is 1. The van der Waals surface area contributed by atoms with Crippen LogP contribution >= 0.6 is 11.3 Å². The molecule has 1 aliphatic heterocycles. The number of aromatic nitrogens is 1. The molecule has 1 unspecified atom stereocenters. The number of nitrogens with zero attached hydrogens (tertiary/aromatic N) is 2. The van der Waals surface area contributed by atoms with Crippen molar-refractivity contribution in [3.8, 4) is 10.6 Å². The van der Waals surface area contributed by atoms with E-state index < -0.39 is 11.7 Å². The minimum absolute atomic E-state index is 0.00473. The van der Waals surface area contributed by atoms with Crippen LogP contribution in [0.3, 0.4) is 0 Å². The van der Waals surface area contributed by atoms with Gasteiger partial charge in [0.05, 0.1) is 17.7 Å². The second-order valence-electron chi connectivity index (χ2n) is 6.04. The molecule has 1 amide bonds. The fraction of sp³-hybridized carbons (Fsp3) is 0.412. The van der Waals surface area contributed by atoms with Gasteiger partial charge in [0.2, 0.25) is 5.91 Å². The highest BCUT2D eigenvalue weighted by atomic mass is 32.1. The number of alkyl halides is 3. The van der Waals surface area contributed by atoms with E-state index in [4.69, 9.17) is 0 Å². The molecule has 0 spiro atoms. The van der Waals surface area contributed by atoms with Crippen molar-refractivity contribution in [1.82, 2.24) is 15.2 Å². The predicted octanol–water partition coefficient (Wildman–Crippen LogP) is 3.19. The Hall–Kier alpha value is -1.93. The van der Waals surface area contributed by atoms with E-state index in [2.05, 4.69) is 10.3 Å². The molecule has 4 nitrogen and oxygen atoms in total. The van der Waals surface area contributed by atoms with Gasteiger partial charge in [0.1, 0.15) is 5.01 Å². The van der Waals surface area contributed by atoms with Gasteiger partial charge in [-0.05, 0) is 19.1 Å². The summed E-state index contributed by atoms with van der Waals surface area (Å²) >= 11 is 1.25. The summed E-state index contributed by atoms with van der Waals surface area (Å²) in [6.45, 7) is 4.17. The van der Waals surface area contributed by atoms with Gasteiger partial charge in [-0.15, -0.1) is 11.3 Å². The number of piperazine rings is 1. The molecule has 1 N–H and O–H groups in total. The summed E-state index contributed by atoms with van der Waals surface area (Å²) < 4.78 is 38.5. The first-order chi connectivity index (χ1) is 11.8. The molecule has 0 aliphatic carbocycles. The first-order valence-electron chi connectivity index (χ1n) is 7.97. The topological polar surface area (TPSA) is 45.2 Å². The van der Waals surface area contributed by atoms with E-state index in [1.165, 1.54) is 17.4 Å². The lowest BCUT2D eigenvalue weighted by Gasteiger charge is -2.33. The summed E-state index contributed by atoms with van der Waals surface area (Å²) in [5.41, 5.74) is 0.301. The first-order valence-corrected chi connectivity index (χ1v) is 8.85. The van der Waals surface area contributed by atoms with Crippen molar-refractivity contribution in [3.63, 3.8) is 0 Å². The van der Waals surface area contributed by atoms with Crippen LogP contribution in [0.5, 0.6) is 0 Å². The summed E-state index contributed by atoms with van der Waals surface area (Å²) in [5.74, 6) is -0.00473. The summed E-state index contributed by atoms with van der Waals surface area (Å²) in [7, 11) is 0. The van der Waals surface area contributed by atoms with Crippen LogP contribution in [0.1, 0.15) is 18.2 Å². The number of nitrogens with one attached hydrogen (secondary N) is 1. The second-order valence-corrected chi connectivity index (χ2v) is 6.90. The molecule has 0 saturated carbocycles. The van der Waals surface area contributed by atoms with Gasteiger partial charge in [-0.2, -0.15) is 13.2 Å². The molecule has 1 aromatic heterocycles. The van der Waals surface area contributed by atoms with Crippen LogP contribution in [0.2, 0.25) is 0 Å². The molecule has 1 aliphatic rings. The van der Waals surface area contributed by atoms with Crippen molar-refractivity contribution in [2.75, 3.05) is 19.6 Å². The summed E-state index contributed by atoms with van der Waals surface area (Å²) in [6.07, 6.45) is -4.22. The maximum atomic E-state index is 12.8. The van der Waals surface area contributed by atoms with Crippen molar-refractivity contribution in [1.29, 1.82) is 0 Å². The predicted molar refractivity (Wildman–Crippen MR) is 90.3 cm³/mol. The second kappa shape index (κ2) is 7.13. The lowest BCUT2D eigenvalue weighted by atomic mass is 10.1. The molecule has 0 radical (unpaired) electrons. The molecule has 25 heavy (non-hydrogen) atoms. The third kappa shape index (κ3) is 4.19. The maximum absolute atomic E-state index is 12.8. The maximum Gasteiger partial charge on any atom is 0.416 e. The molecule has 1 atom stereocenters. The van der Waals surface area contributed by atoms with Crippen molar-refractivity contribution in [2.45, 2.75) is 25.6 Å². The number of carbonyl (C=O) groups excluding carboxylic acids is 1. The highest BCUT2D eigenvalue weighted by Gasteiger charge is 2.30. The van der Waals surface area contributed by atoms with Crippen molar-refractivity contribution in [3.05, 3.63) is 40.9 Å². The standard InChI is InChI=1S/C17H18F3N3OS/c1-11-9-21-5-6-23(11)15(24)8-14-10-25-16(22-14)12-3-2-4-13(7-12)17(18,19)20/h2-4,7,10-11,21H,5-6,8-9H2,1H3. The molecule has 1 saturated heterocycles. The smallest absolute Gasteiger partial charge is 0.337 e. The zero-order valence-electron chi connectivity index (χ0n) is 13.6. The van der Waals surface area contributed by atoms with Crippen molar-refractivity contribution >= 4 is 17.2 Å². The van der Waals surface area contributed by atoms with Crippen LogP contribution < -0.4 is 5.32 Å². The van der Waals surface area contributed by atoms with Gasteiger partial charge in [0, 0.05) is 36.6 Å². The quantitative estimate of drug-likeness (QED) is 0.904. The number of amides is 1. The number of hydrogen-bond donors (Lipinski definition) is 1. The minimum atomic E-state index is -4.38. The fourth-order valence-electron chi connectivity index (χ4n) is 2.82. The van der Waals surface area contributed by atoms with Crippen LogP contribution in [0.25, 0.3) is 10.6 Å². The van der Waals surface area contributed by atoms with E-state index in [0.717, 1.165) is 25.2 Å². The molecule has 1 fully saturated rings. The van der Waals surface area contributed by atoms with Gasteiger partial charge >= 0.3 is 6.18 Å². The Bertz CT molecular complexity index is 760. The lowest BCUT2D eigenvalue weighted by Crippen LogP contribution is -2.52. The third-order valence-corrected chi connectivity index (χ3v) is 5.08. The summed E-state index contributed by atoms with van der Waals surface area (Å²) in [4.78, 5) is 18.6. The van der Waals surface area contributed by atoms with E-state index in [0.29, 0.717) is 22.8 Å². The van der Waals surface area contributed by atoms with E-state index in [1.807, 2.05) is 11.8 Å². The van der Waals surface area contributed by atoms with Gasteiger partial charge in [0.25, 0.3) is 0 Å². The van der Waals surface area contributed by atoms with Crippen LogP contribution in [0.4, 0.5) is 13.2 Å². The van der Waals surface area contributed by atoms with Gasteiger partial charge < -0.3 is 10.2 Å². The molecule has 8 heteroatoms. The van der Waals surface area contributed by atoms with E-state index in [9.17, 15) is 18.0 Å². The number of benzene rings is 1. The molecule has 1 aromatic carbocycles. The van der Waals surface area contributed by atoms with Crippen LogP contribution in [0.15, 0.2) is 29.6 Å². The van der Waals surface area contributed by atoms with Gasteiger partial charge in [-0.3, -0.25) is 4.79 Å². The zero-order valence-corrected chi connectivity index (χ0v) is 14.5. The van der Waals surface area contributed by atoms with E-state index in [-0.39, 0.29) is 18.4 Å². The minimum Gasteiger partial charge on any atom is -0.337 e. The van der Waals surface area contributed by atoms with E-state index >= 15 is 0 Å². The Balaban J connectivity index is 1.73. The third-order valence-electron chi connectivity index (χ3n) is 4.14.